The van der Waals surface area contributed by atoms with Crippen molar-refractivity contribution in [2.75, 3.05) is 23.3 Å². The second-order valence-electron chi connectivity index (χ2n) is 5.21. The number of nitro groups is 1. The van der Waals surface area contributed by atoms with Crippen LogP contribution in [0.5, 0.6) is 0 Å². The van der Waals surface area contributed by atoms with Gasteiger partial charge in [-0.05, 0) is 43.0 Å². The first-order chi connectivity index (χ1) is 11.5. The second-order valence-corrected chi connectivity index (χ2v) is 5.21. The fourth-order valence-electron chi connectivity index (χ4n) is 2.36. The first-order valence-corrected chi connectivity index (χ1v) is 7.86. The van der Waals surface area contributed by atoms with Crippen LogP contribution in [0.4, 0.5) is 17.2 Å². The molecule has 0 aliphatic rings. The SMILES string of the molecule is CCN(CC)c1ccc(NC(=O)CCn2ccc([N+](=O)[O-])n2)cc1. The zero-order chi connectivity index (χ0) is 17.5. The molecule has 0 fully saturated rings. The number of hydrogen-bond acceptors (Lipinski definition) is 5. The number of carbonyl (C=O) groups is 1. The first-order valence-electron chi connectivity index (χ1n) is 7.86. The molecule has 1 N–H and O–H groups in total. The van der Waals surface area contributed by atoms with E-state index in [1.165, 1.54) is 16.9 Å². The van der Waals surface area contributed by atoms with Crippen molar-refractivity contribution >= 4 is 23.1 Å². The van der Waals surface area contributed by atoms with E-state index >= 15 is 0 Å². The molecule has 0 aliphatic heterocycles. The zero-order valence-electron chi connectivity index (χ0n) is 13.8. The number of aryl methyl sites for hydroxylation is 1. The summed E-state index contributed by atoms with van der Waals surface area (Å²) in [5, 5.41) is 17.1. The van der Waals surface area contributed by atoms with Crippen molar-refractivity contribution in [1.29, 1.82) is 0 Å². The van der Waals surface area contributed by atoms with Gasteiger partial charge in [-0.25, -0.2) is 0 Å². The number of anilines is 2. The van der Waals surface area contributed by atoms with E-state index in [4.69, 9.17) is 0 Å². The van der Waals surface area contributed by atoms with Gasteiger partial charge in [0.2, 0.25) is 5.91 Å². The zero-order valence-corrected chi connectivity index (χ0v) is 13.8. The fraction of sp³-hybridized carbons (Fsp3) is 0.375. The maximum Gasteiger partial charge on any atom is 0.389 e. The topological polar surface area (TPSA) is 93.3 Å². The largest absolute Gasteiger partial charge is 0.389 e. The molecule has 0 saturated carbocycles. The summed E-state index contributed by atoms with van der Waals surface area (Å²) in [7, 11) is 0. The summed E-state index contributed by atoms with van der Waals surface area (Å²) in [5.74, 6) is -0.383. The van der Waals surface area contributed by atoms with E-state index in [1.807, 2.05) is 24.3 Å². The van der Waals surface area contributed by atoms with Crippen molar-refractivity contribution in [2.45, 2.75) is 26.8 Å². The van der Waals surface area contributed by atoms with Crippen LogP contribution < -0.4 is 10.2 Å². The second kappa shape index (κ2) is 8.09. The van der Waals surface area contributed by atoms with Crippen LogP contribution in [0.1, 0.15) is 20.3 Å². The van der Waals surface area contributed by atoms with Crippen LogP contribution >= 0.6 is 0 Å². The number of aromatic nitrogens is 2. The molecule has 24 heavy (non-hydrogen) atoms. The Morgan fingerprint density at radius 2 is 1.92 bits per heavy atom. The molecule has 8 nitrogen and oxygen atoms in total. The third-order valence-electron chi connectivity index (χ3n) is 3.66. The van der Waals surface area contributed by atoms with E-state index in [-0.39, 0.29) is 24.7 Å². The maximum atomic E-state index is 12.0. The molecule has 1 aromatic carbocycles. The van der Waals surface area contributed by atoms with Crippen LogP contribution in [0.2, 0.25) is 0 Å². The van der Waals surface area contributed by atoms with E-state index in [9.17, 15) is 14.9 Å². The van der Waals surface area contributed by atoms with Gasteiger partial charge in [-0.1, -0.05) is 0 Å². The van der Waals surface area contributed by atoms with Crippen molar-refractivity contribution in [1.82, 2.24) is 9.78 Å². The fourth-order valence-corrected chi connectivity index (χ4v) is 2.36. The summed E-state index contributed by atoms with van der Waals surface area (Å²) in [6.45, 7) is 6.34. The Balaban J connectivity index is 1.86. The van der Waals surface area contributed by atoms with Crippen molar-refractivity contribution in [3.05, 3.63) is 46.6 Å². The minimum atomic E-state index is -0.561. The molecule has 2 rings (SSSR count). The molecule has 0 saturated heterocycles. The van der Waals surface area contributed by atoms with Crippen LogP contribution in [-0.4, -0.2) is 33.7 Å². The number of amides is 1. The third-order valence-corrected chi connectivity index (χ3v) is 3.66. The highest BCUT2D eigenvalue weighted by atomic mass is 16.6. The average molecular weight is 331 g/mol. The molecular weight excluding hydrogens is 310 g/mol. The normalized spacial score (nSPS) is 10.4. The van der Waals surface area contributed by atoms with Gasteiger partial charge in [0.1, 0.15) is 0 Å². The third kappa shape index (κ3) is 4.55. The Bertz CT molecular complexity index is 692. The average Bonchev–Trinajstić information content (AvgIpc) is 3.05. The molecule has 0 spiro atoms. The number of nitrogens with zero attached hydrogens (tertiary/aromatic N) is 4. The summed E-state index contributed by atoms with van der Waals surface area (Å²) in [4.78, 5) is 24.2. The molecule has 0 aliphatic carbocycles. The molecule has 1 heterocycles. The maximum absolute atomic E-state index is 12.0. The van der Waals surface area contributed by atoms with E-state index in [0.717, 1.165) is 24.5 Å². The highest BCUT2D eigenvalue weighted by Crippen LogP contribution is 2.17. The summed E-state index contributed by atoms with van der Waals surface area (Å²) >= 11 is 0. The number of nitrogens with one attached hydrogen (secondary N) is 1. The molecule has 0 unspecified atom stereocenters. The Morgan fingerprint density at radius 3 is 2.46 bits per heavy atom. The van der Waals surface area contributed by atoms with E-state index < -0.39 is 4.92 Å². The molecule has 128 valence electrons. The standard InChI is InChI=1S/C16H21N5O3/c1-3-19(4-2)14-7-5-13(6-8-14)17-16(22)10-12-20-11-9-15(18-20)21(23)24/h5-9,11H,3-4,10,12H2,1-2H3,(H,17,22). The Morgan fingerprint density at radius 1 is 1.25 bits per heavy atom. The minimum absolute atomic E-state index is 0.163. The van der Waals surface area contributed by atoms with Crippen LogP contribution in [0.25, 0.3) is 0 Å². The predicted molar refractivity (Wildman–Crippen MR) is 92.1 cm³/mol. The van der Waals surface area contributed by atoms with Gasteiger partial charge in [0.25, 0.3) is 0 Å². The number of carbonyl (C=O) groups excluding carboxylic acids is 1. The smallest absolute Gasteiger partial charge is 0.372 e. The van der Waals surface area contributed by atoms with Gasteiger partial charge in [0.15, 0.2) is 0 Å². The Hall–Kier alpha value is -2.90. The van der Waals surface area contributed by atoms with E-state index in [0.29, 0.717) is 0 Å². The molecule has 0 bridgehead atoms. The molecule has 0 radical (unpaired) electrons. The Labute approximate surface area is 140 Å². The van der Waals surface area contributed by atoms with Crippen LogP contribution in [0.15, 0.2) is 36.5 Å². The van der Waals surface area contributed by atoms with Gasteiger partial charge in [0.05, 0.1) is 23.9 Å². The summed E-state index contributed by atoms with van der Waals surface area (Å²) in [6.07, 6.45) is 1.68. The van der Waals surface area contributed by atoms with E-state index in [1.54, 1.807) is 0 Å². The van der Waals surface area contributed by atoms with Gasteiger partial charge in [-0.2, -0.15) is 4.68 Å². The highest BCUT2D eigenvalue weighted by Gasteiger charge is 2.12. The lowest BCUT2D eigenvalue weighted by atomic mass is 10.2. The van der Waals surface area contributed by atoms with Gasteiger partial charge in [-0.3, -0.25) is 4.79 Å². The minimum Gasteiger partial charge on any atom is -0.372 e. The van der Waals surface area contributed by atoms with Crippen LogP contribution in [0.3, 0.4) is 0 Å². The van der Waals surface area contributed by atoms with E-state index in [2.05, 4.69) is 29.2 Å². The lowest BCUT2D eigenvalue weighted by Gasteiger charge is -2.21. The highest BCUT2D eigenvalue weighted by molar-refractivity contribution is 5.90. The summed E-state index contributed by atoms with van der Waals surface area (Å²) in [6, 6.07) is 8.98. The molecule has 0 atom stereocenters. The lowest BCUT2D eigenvalue weighted by Crippen LogP contribution is -2.21. The van der Waals surface area contributed by atoms with Crippen LogP contribution in [0, 0.1) is 10.1 Å². The van der Waals surface area contributed by atoms with Crippen LogP contribution in [-0.2, 0) is 11.3 Å². The molecule has 2 aromatic rings. The Kier molecular flexibility index (Phi) is 5.89. The molecule has 1 amide bonds. The summed E-state index contributed by atoms with van der Waals surface area (Å²) < 4.78 is 1.39. The quantitative estimate of drug-likeness (QED) is 0.593. The predicted octanol–water partition coefficient (Wildman–Crippen LogP) is 2.67. The summed E-state index contributed by atoms with van der Waals surface area (Å²) in [5.41, 5.74) is 1.84. The van der Waals surface area contributed by atoms with Gasteiger partial charge in [-0.15, -0.1) is 0 Å². The monoisotopic (exact) mass is 331 g/mol. The number of benzene rings is 1. The van der Waals surface area contributed by atoms with Gasteiger partial charge >= 0.3 is 5.82 Å². The number of hydrogen-bond donors (Lipinski definition) is 1. The van der Waals surface area contributed by atoms with Gasteiger partial charge in [0, 0.05) is 30.9 Å². The van der Waals surface area contributed by atoms with Crippen molar-refractivity contribution in [3.63, 3.8) is 0 Å². The number of rotatable bonds is 8. The van der Waals surface area contributed by atoms with Crippen molar-refractivity contribution in [3.8, 4) is 0 Å². The molecule has 1 aromatic heterocycles. The van der Waals surface area contributed by atoms with Crippen molar-refractivity contribution in [2.24, 2.45) is 0 Å². The molecule has 8 heteroatoms. The lowest BCUT2D eigenvalue weighted by molar-refractivity contribution is -0.389. The molecular formula is C16H21N5O3. The first kappa shape index (κ1) is 17.5. The van der Waals surface area contributed by atoms with Gasteiger partial charge < -0.3 is 20.3 Å². The van der Waals surface area contributed by atoms with Crippen molar-refractivity contribution < 1.29 is 9.72 Å².